The molecule has 0 aliphatic carbocycles. The van der Waals surface area contributed by atoms with Crippen LogP contribution in [0.5, 0.6) is 0 Å². The summed E-state index contributed by atoms with van der Waals surface area (Å²) in [6.45, 7) is 3.37. The van der Waals surface area contributed by atoms with E-state index in [9.17, 15) is 13.2 Å². The Hall–Kier alpha value is -1.08. The van der Waals surface area contributed by atoms with E-state index in [0.29, 0.717) is 24.7 Å². The molecule has 1 aromatic carbocycles. The van der Waals surface area contributed by atoms with Gasteiger partial charge < -0.3 is 4.90 Å². The molecule has 1 aliphatic rings. The summed E-state index contributed by atoms with van der Waals surface area (Å²) >= 11 is 3.33. The maximum absolute atomic E-state index is 12.5. The minimum Gasteiger partial charge on any atom is -0.341 e. The monoisotopic (exact) mass is 388 g/mol. The molecule has 2 rings (SSSR count). The van der Waals surface area contributed by atoms with Crippen molar-refractivity contribution in [3.05, 3.63) is 28.7 Å². The molecule has 5 nitrogen and oxygen atoms in total. The normalized spacial score (nSPS) is 19.0. The van der Waals surface area contributed by atoms with E-state index >= 15 is 0 Å². The lowest BCUT2D eigenvalue weighted by molar-refractivity contribution is -0.131. The third-order valence-corrected chi connectivity index (χ3v) is 5.42. The predicted molar refractivity (Wildman–Crippen MR) is 91.3 cm³/mol. The van der Waals surface area contributed by atoms with Crippen LogP contribution in [0.1, 0.15) is 19.8 Å². The second kappa shape index (κ2) is 7.00. The molecule has 0 aromatic heterocycles. The fourth-order valence-corrected chi connectivity index (χ4v) is 3.90. The lowest BCUT2D eigenvalue weighted by atomic mass is 10.0. The average Bonchev–Trinajstić information content (AvgIpc) is 2.43. The summed E-state index contributed by atoms with van der Waals surface area (Å²) in [6.07, 6.45) is 3.22. The Balaban J connectivity index is 2.19. The number of hydrogen-bond acceptors (Lipinski definition) is 3. The van der Waals surface area contributed by atoms with Crippen LogP contribution >= 0.6 is 15.9 Å². The lowest BCUT2D eigenvalue weighted by Crippen LogP contribution is -2.46. The van der Waals surface area contributed by atoms with Gasteiger partial charge in [0.25, 0.3) is 0 Å². The zero-order chi connectivity index (χ0) is 16.3. The van der Waals surface area contributed by atoms with E-state index in [1.165, 1.54) is 4.31 Å². The molecule has 1 saturated heterocycles. The molecule has 1 aromatic rings. The van der Waals surface area contributed by atoms with Crippen LogP contribution in [-0.2, 0) is 14.8 Å². The summed E-state index contributed by atoms with van der Waals surface area (Å²) in [5.74, 6) is 0.326. The van der Waals surface area contributed by atoms with Crippen molar-refractivity contribution >= 4 is 37.5 Å². The largest absolute Gasteiger partial charge is 0.341 e. The second-order valence-corrected chi connectivity index (χ2v) is 8.66. The van der Waals surface area contributed by atoms with Crippen molar-refractivity contribution in [3.8, 4) is 0 Å². The Morgan fingerprint density at radius 1 is 1.45 bits per heavy atom. The number of rotatable bonds is 4. The first-order valence-electron chi connectivity index (χ1n) is 7.28. The molecule has 1 amide bonds. The van der Waals surface area contributed by atoms with E-state index in [2.05, 4.69) is 22.9 Å². The average molecular weight is 389 g/mol. The Kier molecular flexibility index (Phi) is 5.50. The topological polar surface area (TPSA) is 57.7 Å². The minimum absolute atomic E-state index is 0.142. The molecule has 1 unspecified atom stereocenters. The number of halogens is 1. The Bertz CT molecular complexity index is 648. The van der Waals surface area contributed by atoms with Gasteiger partial charge in [-0.3, -0.25) is 9.10 Å². The molecule has 1 heterocycles. The van der Waals surface area contributed by atoms with Crippen molar-refractivity contribution in [3.63, 3.8) is 0 Å². The van der Waals surface area contributed by atoms with Gasteiger partial charge >= 0.3 is 0 Å². The van der Waals surface area contributed by atoms with Gasteiger partial charge in [-0.2, -0.15) is 0 Å². The molecule has 0 spiro atoms. The van der Waals surface area contributed by atoms with Crippen molar-refractivity contribution < 1.29 is 13.2 Å². The highest BCUT2D eigenvalue weighted by Crippen LogP contribution is 2.23. The molecule has 1 fully saturated rings. The van der Waals surface area contributed by atoms with Crippen molar-refractivity contribution in [1.82, 2.24) is 4.90 Å². The number of carbonyl (C=O) groups is 1. The first kappa shape index (κ1) is 17.3. The van der Waals surface area contributed by atoms with Crippen LogP contribution in [-0.4, -0.2) is 45.1 Å². The number of sulfonamides is 1. The van der Waals surface area contributed by atoms with Gasteiger partial charge in [0, 0.05) is 17.6 Å². The van der Waals surface area contributed by atoms with E-state index in [1.807, 2.05) is 6.07 Å². The van der Waals surface area contributed by atoms with Crippen molar-refractivity contribution in [2.45, 2.75) is 19.8 Å². The molecule has 122 valence electrons. The fraction of sp³-hybridized carbons (Fsp3) is 0.533. The van der Waals surface area contributed by atoms with E-state index < -0.39 is 10.0 Å². The highest BCUT2D eigenvalue weighted by Gasteiger charge is 2.26. The summed E-state index contributed by atoms with van der Waals surface area (Å²) in [7, 11) is -3.52. The number of anilines is 1. The number of carbonyl (C=O) groups excluding carboxylic acids is 1. The number of piperidine rings is 1. The van der Waals surface area contributed by atoms with Crippen molar-refractivity contribution in [2.75, 3.05) is 30.2 Å². The summed E-state index contributed by atoms with van der Waals surface area (Å²) in [6, 6.07) is 6.97. The van der Waals surface area contributed by atoms with Gasteiger partial charge in [-0.1, -0.05) is 28.9 Å². The van der Waals surface area contributed by atoms with Crippen LogP contribution in [0.25, 0.3) is 0 Å². The summed E-state index contributed by atoms with van der Waals surface area (Å²) < 4.78 is 26.1. The zero-order valence-electron chi connectivity index (χ0n) is 12.8. The quantitative estimate of drug-likeness (QED) is 0.795. The van der Waals surface area contributed by atoms with E-state index in [4.69, 9.17) is 0 Å². The molecule has 0 radical (unpaired) electrons. The van der Waals surface area contributed by atoms with Gasteiger partial charge in [0.2, 0.25) is 15.9 Å². The highest BCUT2D eigenvalue weighted by atomic mass is 79.9. The summed E-state index contributed by atoms with van der Waals surface area (Å²) in [5.41, 5.74) is 0.496. The van der Waals surface area contributed by atoms with Gasteiger partial charge in [-0.25, -0.2) is 8.42 Å². The van der Waals surface area contributed by atoms with Gasteiger partial charge in [-0.05, 0) is 37.0 Å². The van der Waals surface area contributed by atoms with Crippen LogP contribution in [0, 0.1) is 5.92 Å². The smallest absolute Gasteiger partial charge is 0.243 e. The van der Waals surface area contributed by atoms with Crippen LogP contribution in [0.2, 0.25) is 0 Å². The standard InChI is InChI=1S/C15H21BrN2O3S/c1-12-5-4-8-17(10-12)15(19)11-18(22(2,20)21)14-7-3-6-13(16)9-14/h3,6-7,9,12H,4-5,8,10-11H2,1-2H3. The molecule has 0 bridgehead atoms. The predicted octanol–water partition coefficient (Wildman–Crippen LogP) is 2.47. The molecular weight excluding hydrogens is 368 g/mol. The summed E-state index contributed by atoms with van der Waals surface area (Å²) in [4.78, 5) is 14.2. The van der Waals surface area contributed by atoms with Crippen molar-refractivity contribution in [1.29, 1.82) is 0 Å². The first-order chi connectivity index (χ1) is 10.3. The highest BCUT2D eigenvalue weighted by molar-refractivity contribution is 9.10. The number of likely N-dealkylation sites (tertiary alicyclic amines) is 1. The fourth-order valence-electron chi connectivity index (χ4n) is 2.67. The molecular formula is C15H21BrN2O3S. The van der Waals surface area contributed by atoms with Crippen LogP contribution in [0.15, 0.2) is 28.7 Å². The molecule has 0 N–H and O–H groups in total. The van der Waals surface area contributed by atoms with Gasteiger partial charge in [-0.15, -0.1) is 0 Å². The zero-order valence-corrected chi connectivity index (χ0v) is 15.2. The van der Waals surface area contributed by atoms with Crippen molar-refractivity contribution in [2.24, 2.45) is 5.92 Å². The second-order valence-electron chi connectivity index (χ2n) is 5.84. The minimum atomic E-state index is -3.52. The van der Waals surface area contributed by atoms with Crippen LogP contribution in [0.3, 0.4) is 0 Å². The van der Waals surface area contributed by atoms with Gasteiger partial charge in [0.05, 0.1) is 11.9 Å². The van der Waals surface area contributed by atoms with Crippen LogP contribution < -0.4 is 4.31 Å². The molecule has 0 saturated carbocycles. The number of benzene rings is 1. The maximum Gasteiger partial charge on any atom is 0.243 e. The number of hydrogen-bond donors (Lipinski definition) is 0. The van der Waals surface area contributed by atoms with E-state index in [-0.39, 0.29) is 12.5 Å². The summed E-state index contributed by atoms with van der Waals surface area (Å²) in [5, 5.41) is 0. The van der Waals surface area contributed by atoms with E-state index in [1.54, 1.807) is 23.1 Å². The third kappa shape index (κ3) is 4.46. The molecule has 1 aliphatic heterocycles. The molecule has 22 heavy (non-hydrogen) atoms. The first-order valence-corrected chi connectivity index (χ1v) is 9.92. The molecule has 7 heteroatoms. The van der Waals surface area contributed by atoms with E-state index in [0.717, 1.165) is 23.6 Å². The third-order valence-electron chi connectivity index (χ3n) is 3.79. The number of nitrogens with zero attached hydrogens (tertiary/aromatic N) is 2. The van der Waals surface area contributed by atoms with Gasteiger partial charge in [0.15, 0.2) is 0 Å². The number of amides is 1. The molecule has 1 atom stereocenters. The Morgan fingerprint density at radius 2 is 2.18 bits per heavy atom. The maximum atomic E-state index is 12.5. The van der Waals surface area contributed by atoms with Gasteiger partial charge in [0.1, 0.15) is 6.54 Å². The SMILES string of the molecule is CC1CCCN(C(=O)CN(c2cccc(Br)c2)S(C)(=O)=O)C1. The lowest BCUT2D eigenvalue weighted by Gasteiger charge is -2.33. The Labute approximate surface area is 140 Å². The van der Waals surface area contributed by atoms with Crippen LogP contribution in [0.4, 0.5) is 5.69 Å². The Morgan fingerprint density at radius 3 is 2.77 bits per heavy atom.